The van der Waals surface area contributed by atoms with E-state index in [1.807, 2.05) is 0 Å². The zero-order chi connectivity index (χ0) is 6.57. The van der Waals surface area contributed by atoms with Gasteiger partial charge in [0.2, 0.25) is 0 Å². The molecule has 0 aromatic rings. The van der Waals surface area contributed by atoms with Gasteiger partial charge in [0.1, 0.15) is 0 Å². The minimum atomic E-state index is -1.08. The highest BCUT2D eigenvalue weighted by atomic mass is 16.4. The Morgan fingerprint density at radius 2 is 1.20 bits per heavy atom. The lowest BCUT2D eigenvalue weighted by Gasteiger charge is -1.85. The van der Waals surface area contributed by atoms with E-state index in [1.54, 1.807) is 0 Å². The van der Waals surface area contributed by atoms with Gasteiger partial charge in [-0.25, -0.2) is 0 Å². The minimum absolute atomic E-state index is 0. The highest BCUT2D eigenvalue weighted by Gasteiger charge is 2.00. The van der Waals surface area contributed by atoms with Crippen LogP contribution in [-0.4, -0.2) is 27.6 Å². The summed E-state index contributed by atoms with van der Waals surface area (Å²) in [5, 5.41) is 15.8. The molecule has 10 heavy (non-hydrogen) atoms. The molecule has 0 bridgehead atoms. The van der Waals surface area contributed by atoms with E-state index >= 15 is 0 Å². The maximum absolute atomic E-state index is 9.64. The van der Waals surface area contributed by atoms with Gasteiger partial charge >= 0.3 is 11.9 Å². The number of carbonyl (C=O) groups is 2. The Bertz CT molecular complexity index is 98.2. The van der Waals surface area contributed by atoms with Crippen molar-refractivity contribution in [3.8, 4) is 0 Å². The predicted octanol–water partition coefficient (Wildman–Crippen LogP) is -0.727. The Labute approximate surface area is 57.4 Å². The monoisotopic (exact) mass is 153 g/mol. The lowest BCUT2D eigenvalue weighted by atomic mass is 10.3. The smallest absolute Gasteiger partial charge is 0.303 e. The van der Waals surface area contributed by atoms with Crippen LogP contribution >= 0.6 is 0 Å². The summed E-state index contributed by atoms with van der Waals surface area (Å²) in [6.07, 6.45) is -0.593. The van der Waals surface area contributed by atoms with Crippen LogP contribution in [0.15, 0.2) is 0 Å². The zero-order valence-electron chi connectivity index (χ0n) is 5.33. The molecule has 0 aromatic carbocycles. The van der Waals surface area contributed by atoms with E-state index in [9.17, 15) is 9.59 Å². The lowest BCUT2D eigenvalue weighted by Crippen LogP contribution is -2.00. The van der Waals surface area contributed by atoms with Crippen molar-refractivity contribution < 1.29 is 25.3 Å². The van der Waals surface area contributed by atoms with E-state index in [4.69, 9.17) is 10.2 Å². The first-order valence-electron chi connectivity index (χ1n) is 2.06. The molecule has 0 amide bonds. The summed E-state index contributed by atoms with van der Waals surface area (Å²) in [5.74, 6) is -2.15. The third-order valence-electron chi connectivity index (χ3n) is 0.553. The molecule has 0 radical (unpaired) electrons. The molecule has 7 N–H and O–H groups in total. The molecule has 0 aliphatic carbocycles. The predicted molar refractivity (Wildman–Crippen MR) is 33.1 cm³/mol. The van der Waals surface area contributed by atoms with Crippen LogP contribution < -0.4 is 6.15 Å². The molecule has 0 aromatic heterocycles. The van der Waals surface area contributed by atoms with Crippen LogP contribution in [0, 0.1) is 0 Å². The van der Waals surface area contributed by atoms with Crippen LogP contribution in [0.1, 0.15) is 12.8 Å². The molecular formula is C4H11NO5. The Hall–Kier alpha value is -1.14. The normalized spacial score (nSPS) is 6.80. The van der Waals surface area contributed by atoms with Crippen molar-refractivity contribution in [2.45, 2.75) is 12.8 Å². The van der Waals surface area contributed by atoms with Crippen molar-refractivity contribution in [2.75, 3.05) is 0 Å². The molecule has 6 nitrogen and oxygen atoms in total. The fourth-order valence-corrected chi connectivity index (χ4v) is 0.214. The van der Waals surface area contributed by atoms with Crippen molar-refractivity contribution in [1.29, 1.82) is 0 Å². The molecular weight excluding hydrogens is 142 g/mol. The molecule has 0 fully saturated rings. The van der Waals surface area contributed by atoms with Crippen LogP contribution in [0.5, 0.6) is 0 Å². The topological polar surface area (TPSA) is 141 Å². The van der Waals surface area contributed by atoms with E-state index in [0.717, 1.165) is 0 Å². The number of carboxylic acid groups (broad SMARTS) is 2. The Kier molecular flexibility index (Phi) is 12.5. The average molecular weight is 153 g/mol. The number of hydrogen-bond donors (Lipinski definition) is 3. The van der Waals surface area contributed by atoms with E-state index in [0.29, 0.717) is 0 Å². The molecule has 0 saturated heterocycles. The van der Waals surface area contributed by atoms with E-state index < -0.39 is 11.9 Å². The van der Waals surface area contributed by atoms with Gasteiger partial charge in [-0.05, 0) is 0 Å². The number of carboxylic acids is 2. The van der Waals surface area contributed by atoms with Crippen LogP contribution in [0.4, 0.5) is 0 Å². The average Bonchev–Trinajstić information content (AvgIpc) is 1.61. The number of rotatable bonds is 3. The van der Waals surface area contributed by atoms with Crippen LogP contribution in [0.3, 0.4) is 0 Å². The van der Waals surface area contributed by atoms with Gasteiger partial charge in [0.15, 0.2) is 0 Å². The van der Waals surface area contributed by atoms with Gasteiger partial charge in [-0.3, -0.25) is 9.59 Å². The van der Waals surface area contributed by atoms with Crippen molar-refractivity contribution in [3.63, 3.8) is 0 Å². The Balaban J connectivity index is -0.000000245. The summed E-state index contributed by atoms with van der Waals surface area (Å²) in [7, 11) is 0. The summed E-state index contributed by atoms with van der Waals surface area (Å²) in [5.41, 5.74) is 0. The molecule has 0 saturated carbocycles. The van der Waals surface area contributed by atoms with Crippen molar-refractivity contribution in [1.82, 2.24) is 6.15 Å². The standard InChI is InChI=1S/C4H6O4.H3N.H2O/c5-3(6)1-2-4(7)8;;/h1-2H2,(H,5,6)(H,7,8);1H3;1H2. The van der Waals surface area contributed by atoms with Gasteiger partial charge in [0.25, 0.3) is 0 Å². The number of aliphatic carboxylic acids is 2. The van der Waals surface area contributed by atoms with E-state index in [2.05, 4.69) is 0 Å². The van der Waals surface area contributed by atoms with E-state index in [-0.39, 0.29) is 24.5 Å². The summed E-state index contributed by atoms with van der Waals surface area (Å²) in [6, 6.07) is 0. The molecule has 0 aliphatic rings. The van der Waals surface area contributed by atoms with Gasteiger partial charge in [0.05, 0.1) is 12.8 Å². The maximum atomic E-state index is 9.64. The molecule has 0 aliphatic heterocycles. The second-order valence-electron chi connectivity index (χ2n) is 1.29. The van der Waals surface area contributed by atoms with Gasteiger partial charge in [-0.15, -0.1) is 0 Å². The highest BCUT2D eigenvalue weighted by molar-refractivity contribution is 5.75. The van der Waals surface area contributed by atoms with Crippen LogP contribution in [-0.2, 0) is 9.59 Å². The summed E-state index contributed by atoms with van der Waals surface area (Å²) < 4.78 is 0. The third kappa shape index (κ3) is 15.8. The molecule has 62 valence electrons. The summed E-state index contributed by atoms with van der Waals surface area (Å²) in [4.78, 5) is 19.3. The first-order valence-corrected chi connectivity index (χ1v) is 2.06. The molecule has 0 atom stereocenters. The SMILES string of the molecule is N.O.O=C(O)CCC(=O)O. The van der Waals surface area contributed by atoms with Gasteiger partial charge in [-0.2, -0.15) is 0 Å². The zero-order valence-corrected chi connectivity index (χ0v) is 5.33. The Morgan fingerprint density at radius 3 is 1.30 bits per heavy atom. The fraction of sp³-hybridized carbons (Fsp3) is 0.500. The minimum Gasteiger partial charge on any atom is -0.481 e. The van der Waals surface area contributed by atoms with Gasteiger partial charge in [-0.1, -0.05) is 0 Å². The fourth-order valence-electron chi connectivity index (χ4n) is 0.214. The van der Waals surface area contributed by atoms with Crippen molar-refractivity contribution in [3.05, 3.63) is 0 Å². The van der Waals surface area contributed by atoms with Gasteiger partial charge in [0, 0.05) is 0 Å². The largest absolute Gasteiger partial charge is 0.481 e. The lowest BCUT2D eigenvalue weighted by molar-refractivity contribution is -0.143. The quantitative estimate of drug-likeness (QED) is 0.490. The second-order valence-corrected chi connectivity index (χ2v) is 1.29. The molecule has 0 rings (SSSR count). The highest BCUT2D eigenvalue weighted by Crippen LogP contribution is 1.85. The maximum Gasteiger partial charge on any atom is 0.303 e. The number of hydrogen-bond acceptors (Lipinski definition) is 3. The summed E-state index contributed by atoms with van der Waals surface area (Å²) in [6.45, 7) is 0. The first-order chi connectivity index (χ1) is 3.63. The Morgan fingerprint density at radius 1 is 1.00 bits per heavy atom. The first kappa shape index (κ1) is 15.9. The van der Waals surface area contributed by atoms with Crippen molar-refractivity contribution >= 4 is 11.9 Å². The van der Waals surface area contributed by atoms with Crippen LogP contribution in [0.25, 0.3) is 0 Å². The van der Waals surface area contributed by atoms with Crippen molar-refractivity contribution in [2.24, 2.45) is 0 Å². The molecule has 6 heteroatoms. The molecule has 0 unspecified atom stereocenters. The van der Waals surface area contributed by atoms with E-state index in [1.165, 1.54) is 0 Å². The molecule has 0 heterocycles. The second kappa shape index (κ2) is 7.86. The third-order valence-corrected chi connectivity index (χ3v) is 0.553. The van der Waals surface area contributed by atoms with Crippen LogP contribution in [0.2, 0.25) is 0 Å². The van der Waals surface area contributed by atoms with Gasteiger partial charge < -0.3 is 21.8 Å². The molecule has 0 spiro atoms. The summed E-state index contributed by atoms with van der Waals surface area (Å²) >= 11 is 0.